The fourth-order valence-electron chi connectivity index (χ4n) is 1.74. The second kappa shape index (κ2) is 4.93. The van der Waals surface area contributed by atoms with Gasteiger partial charge in [0.1, 0.15) is 0 Å². The highest BCUT2D eigenvalue weighted by Gasteiger charge is 2.32. The van der Waals surface area contributed by atoms with Gasteiger partial charge in [-0.15, -0.1) is 0 Å². The van der Waals surface area contributed by atoms with E-state index >= 15 is 0 Å². The summed E-state index contributed by atoms with van der Waals surface area (Å²) in [5, 5.41) is 10.6. The summed E-state index contributed by atoms with van der Waals surface area (Å²) in [6.45, 7) is 3.04. The van der Waals surface area contributed by atoms with Crippen LogP contribution >= 0.6 is 0 Å². The van der Waals surface area contributed by atoms with E-state index in [9.17, 15) is 14.9 Å². The second-order valence-corrected chi connectivity index (χ2v) is 3.60. The molecule has 1 heterocycles. The van der Waals surface area contributed by atoms with Crippen LogP contribution in [0.1, 0.15) is 32.6 Å². The first-order valence-corrected chi connectivity index (χ1v) is 5.09. The average molecular weight is 200 g/mol. The topological polar surface area (TPSA) is 63.5 Å². The molecule has 5 nitrogen and oxygen atoms in total. The monoisotopic (exact) mass is 200 g/mol. The highest BCUT2D eigenvalue weighted by Crippen LogP contribution is 2.12. The van der Waals surface area contributed by atoms with Crippen molar-refractivity contribution >= 4 is 5.91 Å². The van der Waals surface area contributed by atoms with Crippen molar-refractivity contribution in [3.8, 4) is 0 Å². The van der Waals surface area contributed by atoms with Crippen molar-refractivity contribution in [1.82, 2.24) is 4.90 Å². The third-order valence-corrected chi connectivity index (χ3v) is 2.59. The molecule has 0 aromatic heterocycles. The zero-order valence-corrected chi connectivity index (χ0v) is 8.44. The number of rotatable bonds is 3. The van der Waals surface area contributed by atoms with Crippen LogP contribution in [0, 0.1) is 10.1 Å². The van der Waals surface area contributed by atoms with E-state index in [1.54, 1.807) is 11.8 Å². The summed E-state index contributed by atoms with van der Waals surface area (Å²) in [5.74, 6) is -0.308. The van der Waals surface area contributed by atoms with Crippen LogP contribution in [0.5, 0.6) is 0 Å². The SMILES string of the molecule is CCC(C(=O)N1CCCCC1)[N+](=O)[O-]. The van der Waals surface area contributed by atoms with Gasteiger partial charge in [-0.05, 0) is 19.3 Å². The zero-order valence-electron chi connectivity index (χ0n) is 8.44. The highest BCUT2D eigenvalue weighted by atomic mass is 16.6. The third kappa shape index (κ3) is 2.43. The van der Waals surface area contributed by atoms with E-state index in [4.69, 9.17) is 0 Å². The van der Waals surface area contributed by atoms with Crippen LogP contribution < -0.4 is 0 Å². The molecule has 1 unspecified atom stereocenters. The summed E-state index contributed by atoms with van der Waals surface area (Å²) >= 11 is 0. The molecule has 0 bridgehead atoms. The van der Waals surface area contributed by atoms with Gasteiger partial charge in [-0.2, -0.15) is 0 Å². The first-order valence-electron chi connectivity index (χ1n) is 5.09. The van der Waals surface area contributed by atoms with E-state index in [1.807, 2.05) is 0 Å². The quantitative estimate of drug-likeness (QED) is 0.505. The van der Waals surface area contributed by atoms with Gasteiger partial charge in [-0.25, -0.2) is 0 Å². The van der Waals surface area contributed by atoms with E-state index in [2.05, 4.69) is 0 Å². The number of nitro groups is 1. The lowest BCUT2D eigenvalue weighted by molar-refractivity contribution is -0.509. The summed E-state index contributed by atoms with van der Waals surface area (Å²) in [6, 6.07) is -1.03. The predicted molar refractivity (Wildman–Crippen MR) is 51.5 cm³/mol. The normalized spacial score (nSPS) is 19.1. The first-order chi connectivity index (χ1) is 6.66. The summed E-state index contributed by atoms with van der Waals surface area (Å²) in [6.07, 6.45) is 3.35. The minimum atomic E-state index is -1.03. The van der Waals surface area contributed by atoms with Crippen molar-refractivity contribution in [1.29, 1.82) is 0 Å². The summed E-state index contributed by atoms with van der Waals surface area (Å²) in [5.41, 5.74) is 0. The maximum absolute atomic E-state index is 11.7. The van der Waals surface area contributed by atoms with E-state index in [-0.39, 0.29) is 12.3 Å². The minimum absolute atomic E-state index is 0.280. The van der Waals surface area contributed by atoms with E-state index in [0.29, 0.717) is 13.1 Å². The number of hydrogen-bond acceptors (Lipinski definition) is 3. The standard InChI is InChI=1S/C9H16N2O3/c1-2-8(11(13)14)9(12)10-6-4-3-5-7-10/h8H,2-7H2,1H3. The molecule has 1 amide bonds. The smallest absolute Gasteiger partial charge is 0.297 e. The van der Waals surface area contributed by atoms with Crippen LogP contribution in [-0.2, 0) is 4.79 Å². The van der Waals surface area contributed by atoms with Gasteiger partial charge in [-0.3, -0.25) is 14.9 Å². The lowest BCUT2D eigenvalue weighted by Crippen LogP contribution is -2.44. The molecule has 1 saturated heterocycles. The number of carbonyl (C=O) groups excluding carboxylic acids is 1. The Kier molecular flexibility index (Phi) is 3.85. The third-order valence-electron chi connectivity index (χ3n) is 2.59. The number of hydrogen-bond donors (Lipinski definition) is 0. The number of amides is 1. The average Bonchev–Trinajstić information content (AvgIpc) is 2.19. The van der Waals surface area contributed by atoms with Gasteiger partial charge in [0.25, 0.3) is 11.9 Å². The molecular weight excluding hydrogens is 184 g/mol. The van der Waals surface area contributed by atoms with E-state index < -0.39 is 11.0 Å². The number of piperidine rings is 1. The van der Waals surface area contributed by atoms with Gasteiger partial charge in [0, 0.05) is 24.4 Å². The minimum Gasteiger partial charge on any atom is -0.337 e. The van der Waals surface area contributed by atoms with Gasteiger partial charge in [0.15, 0.2) is 0 Å². The van der Waals surface area contributed by atoms with Crippen LogP contribution in [0.25, 0.3) is 0 Å². The number of nitrogens with zero attached hydrogens (tertiary/aromatic N) is 2. The molecule has 0 aliphatic carbocycles. The summed E-state index contributed by atoms with van der Waals surface area (Å²) in [7, 11) is 0. The molecule has 0 radical (unpaired) electrons. The van der Waals surface area contributed by atoms with E-state index in [1.165, 1.54) is 0 Å². The molecule has 0 aromatic rings. The lowest BCUT2D eigenvalue weighted by Gasteiger charge is -2.27. The fourth-order valence-corrected chi connectivity index (χ4v) is 1.74. The van der Waals surface area contributed by atoms with Crippen molar-refractivity contribution in [3.05, 3.63) is 10.1 Å². The van der Waals surface area contributed by atoms with Crippen LogP contribution in [-0.4, -0.2) is 34.9 Å². The molecule has 0 saturated carbocycles. The summed E-state index contributed by atoms with van der Waals surface area (Å²) < 4.78 is 0. The van der Waals surface area contributed by atoms with Gasteiger partial charge < -0.3 is 4.90 Å². The highest BCUT2D eigenvalue weighted by molar-refractivity contribution is 5.80. The molecule has 1 fully saturated rings. The van der Waals surface area contributed by atoms with E-state index in [0.717, 1.165) is 19.3 Å². The molecule has 0 spiro atoms. The Bertz CT molecular complexity index is 224. The van der Waals surface area contributed by atoms with Gasteiger partial charge in [0.2, 0.25) is 0 Å². The van der Waals surface area contributed by atoms with Crippen molar-refractivity contribution in [2.24, 2.45) is 0 Å². The Labute approximate surface area is 83.2 Å². The Hall–Kier alpha value is -1.13. The predicted octanol–water partition coefficient (Wildman–Crippen LogP) is 1.05. The Morgan fingerprint density at radius 2 is 2.00 bits per heavy atom. The molecular formula is C9H16N2O3. The van der Waals surface area contributed by atoms with Crippen molar-refractivity contribution in [2.75, 3.05) is 13.1 Å². The van der Waals surface area contributed by atoms with Gasteiger partial charge in [-0.1, -0.05) is 6.92 Å². The molecule has 1 aliphatic heterocycles. The largest absolute Gasteiger partial charge is 0.337 e. The zero-order chi connectivity index (χ0) is 10.6. The Morgan fingerprint density at radius 3 is 2.43 bits per heavy atom. The molecule has 0 N–H and O–H groups in total. The Balaban J connectivity index is 2.56. The molecule has 14 heavy (non-hydrogen) atoms. The van der Waals surface area contributed by atoms with Crippen molar-refractivity contribution < 1.29 is 9.72 Å². The summed E-state index contributed by atoms with van der Waals surface area (Å²) in [4.78, 5) is 23.4. The molecule has 1 rings (SSSR count). The van der Waals surface area contributed by atoms with Crippen molar-refractivity contribution in [3.63, 3.8) is 0 Å². The van der Waals surface area contributed by atoms with Crippen LogP contribution in [0.3, 0.4) is 0 Å². The van der Waals surface area contributed by atoms with Crippen LogP contribution in [0.2, 0.25) is 0 Å². The first kappa shape index (κ1) is 10.9. The van der Waals surface area contributed by atoms with Gasteiger partial charge >= 0.3 is 0 Å². The maximum atomic E-state index is 11.7. The van der Waals surface area contributed by atoms with Crippen molar-refractivity contribution in [2.45, 2.75) is 38.6 Å². The van der Waals surface area contributed by atoms with Crippen LogP contribution in [0.15, 0.2) is 0 Å². The number of carbonyl (C=O) groups is 1. The van der Waals surface area contributed by atoms with Crippen LogP contribution in [0.4, 0.5) is 0 Å². The second-order valence-electron chi connectivity index (χ2n) is 3.60. The Morgan fingerprint density at radius 1 is 1.43 bits per heavy atom. The molecule has 1 atom stereocenters. The molecule has 80 valence electrons. The maximum Gasteiger partial charge on any atom is 0.297 e. The molecule has 0 aromatic carbocycles. The molecule has 1 aliphatic rings. The number of likely N-dealkylation sites (tertiary alicyclic amines) is 1. The lowest BCUT2D eigenvalue weighted by atomic mass is 10.1. The van der Waals surface area contributed by atoms with Gasteiger partial charge in [0.05, 0.1) is 0 Å². The fraction of sp³-hybridized carbons (Fsp3) is 0.889. The molecule has 5 heteroatoms.